The monoisotopic (exact) mass is 487 g/mol. The first kappa shape index (κ1) is 21.1. The second-order valence-corrected chi connectivity index (χ2v) is 10.7. The molecule has 1 amide bonds. The van der Waals surface area contributed by atoms with Crippen LogP contribution in [0.4, 0.5) is 0 Å². The zero-order chi connectivity index (χ0) is 22.3. The van der Waals surface area contributed by atoms with Crippen LogP contribution in [0.15, 0.2) is 70.0 Å². The first-order valence-electron chi connectivity index (χ1n) is 9.92. The van der Waals surface area contributed by atoms with E-state index in [1.54, 1.807) is 29.2 Å². The number of amides is 1. The summed E-state index contributed by atoms with van der Waals surface area (Å²) in [6.45, 7) is 0.982. The van der Waals surface area contributed by atoms with E-state index in [2.05, 4.69) is 4.98 Å². The maximum atomic E-state index is 12.9. The molecule has 1 aliphatic rings. The third kappa shape index (κ3) is 3.93. The molecule has 0 aliphatic carbocycles. The van der Waals surface area contributed by atoms with Crippen molar-refractivity contribution in [2.75, 3.05) is 26.2 Å². The quantitative estimate of drug-likeness (QED) is 0.427. The Kier molecular flexibility index (Phi) is 5.50. The van der Waals surface area contributed by atoms with Gasteiger partial charge in [0.1, 0.15) is 0 Å². The topological polar surface area (TPSA) is 83.7 Å². The fourth-order valence-corrected chi connectivity index (χ4v) is 6.06. The number of aromatic nitrogens is 1. The summed E-state index contributed by atoms with van der Waals surface area (Å²) in [6.07, 6.45) is 0. The molecule has 0 N–H and O–H groups in total. The smallest absolute Gasteiger partial charge is 0.289 e. The fourth-order valence-electron chi connectivity index (χ4n) is 3.59. The highest BCUT2D eigenvalue weighted by atomic mass is 35.5. The SMILES string of the molecule is O=C(c1ccc(-c2nc3ccccc3s2)o1)N1CCN(S(=O)(=O)c2ccc(Cl)cc2)CC1. The molecule has 0 unspecified atom stereocenters. The average Bonchev–Trinajstić information content (AvgIpc) is 3.46. The Morgan fingerprint density at radius 2 is 1.69 bits per heavy atom. The van der Waals surface area contributed by atoms with Gasteiger partial charge in [-0.05, 0) is 48.5 Å². The molecule has 4 aromatic rings. The number of halogens is 1. The van der Waals surface area contributed by atoms with Gasteiger partial charge < -0.3 is 9.32 Å². The predicted molar refractivity (Wildman–Crippen MR) is 123 cm³/mol. The van der Waals surface area contributed by atoms with Gasteiger partial charge in [0, 0.05) is 31.2 Å². The maximum Gasteiger partial charge on any atom is 0.289 e. The van der Waals surface area contributed by atoms with E-state index in [9.17, 15) is 13.2 Å². The van der Waals surface area contributed by atoms with Crippen molar-refractivity contribution in [2.45, 2.75) is 4.90 Å². The van der Waals surface area contributed by atoms with Gasteiger partial charge in [-0.25, -0.2) is 13.4 Å². The molecule has 1 saturated heterocycles. The number of para-hydroxylation sites is 1. The lowest BCUT2D eigenvalue weighted by Gasteiger charge is -2.33. The molecule has 0 radical (unpaired) electrons. The molecule has 32 heavy (non-hydrogen) atoms. The standard InChI is InChI=1S/C22H18ClN3O4S2/c23-15-5-7-16(8-6-15)32(28,29)26-13-11-25(12-14-26)22(27)19-10-9-18(30-19)21-24-17-3-1-2-4-20(17)31-21/h1-10H,11-14H2. The van der Waals surface area contributed by atoms with E-state index in [-0.39, 0.29) is 42.7 Å². The van der Waals surface area contributed by atoms with E-state index in [0.717, 1.165) is 10.2 Å². The molecule has 10 heteroatoms. The highest BCUT2D eigenvalue weighted by molar-refractivity contribution is 7.89. The lowest BCUT2D eigenvalue weighted by atomic mass is 10.3. The van der Waals surface area contributed by atoms with Crippen molar-refractivity contribution < 1.29 is 17.6 Å². The van der Waals surface area contributed by atoms with Crippen LogP contribution in [0.3, 0.4) is 0 Å². The highest BCUT2D eigenvalue weighted by Crippen LogP contribution is 2.31. The summed E-state index contributed by atoms with van der Waals surface area (Å²) in [6, 6.07) is 17.3. The molecular weight excluding hydrogens is 470 g/mol. The fraction of sp³-hybridized carbons (Fsp3) is 0.182. The Morgan fingerprint density at radius 1 is 0.969 bits per heavy atom. The number of hydrogen-bond donors (Lipinski definition) is 0. The lowest BCUT2D eigenvalue weighted by Crippen LogP contribution is -2.50. The van der Waals surface area contributed by atoms with E-state index >= 15 is 0 Å². The number of nitrogens with zero attached hydrogens (tertiary/aromatic N) is 3. The molecule has 2 aromatic carbocycles. The third-order valence-corrected chi connectivity index (χ3v) is 8.51. The molecule has 0 atom stereocenters. The van der Waals surface area contributed by atoms with Crippen molar-refractivity contribution >= 4 is 49.1 Å². The first-order valence-corrected chi connectivity index (χ1v) is 12.6. The van der Waals surface area contributed by atoms with Crippen molar-refractivity contribution in [1.82, 2.24) is 14.2 Å². The van der Waals surface area contributed by atoms with Crippen LogP contribution in [0.2, 0.25) is 5.02 Å². The van der Waals surface area contributed by atoms with Crippen LogP contribution < -0.4 is 0 Å². The summed E-state index contributed by atoms with van der Waals surface area (Å²) in [5.41, 5.74) is 0.884. The first-order chi connectivity index (χ1) is 15.4. The number of benzene rings is 2. The maximum absolute atomic E-state index is 12.9. The van der Waals surface area contributed by atoms with Gasteiger partial charge in [0.05, 0.1) is 15.1 Å². The molecule has 3 heterocycles. The Balaban J connectivity index is 1.27. The Morgan fingerprint density at radius 3 is 2.41 bits per heavy atom. The molecule has 0 bridgehead atoms. The second kappa shape index (κ2) is 8.32. The Labute approximate surface area is 193 Å². The number of carbonyl (C=O) groups is 1. The Bertz CT molecular complexity index is 1360. The van der Waals surface area contributed by atoms with Crippen LogP contribution in [0.25, 0.3) is 21.0 Å². The molecule has 1 fully saturated rings. The summed E-state index contributed by atoms with van der Waals surface area (Å²) in [4.78, 5) is 19.3. The van der Waals surface area contributed by atoms with Gasteiger partial charge in [-0.3, -0.25) is 4.79 Å². The predicted octanol–water partition coefficient (Wildman–Crippen LogP) is 4.36. The summed E-state index contributed by atoms with van der Waals surface area (Å²) < 4.78 is 33.9. The molecule has 1 aliphatic heterocycles. The van der Waals surface area contributed by atoms with Crippen molar-refractivity contribution in [2.24, 2.45) is 0 Å². The lowest BCUT2D eigenvalue weighted by molar-refractivity contribution is 0.0667. The average molecular weight is 488 g/mol. The number of sulfonamides is 1. The normalized spacial score (nSPS) is 15.3. The molecule has 2 aromatic heterocycles. The molecule has 0 saturated carbocycles. The summed E-state index contributed by atoms with van der Waals surface area (Å²) >= 11 is 7.36. The zero-order valence-electron chi connectivity index (χ0n) is 16.8. The van der Waals surface area contributed by atoms with Crippen LogP contribution in [0.5, 0.6) is 0 Å². The highest BCUT2D eigenvalue weighted by Gasteiger charge is 2.31. The van der Waals surface area contributed by atoms with Gasteiger partial charge in [0.15, 0.2) is 16.5 Å². The largest absolute Gasteiger partial charge is 0.448 e. The van der Waals surface area contributed by atoms with Gasteiger partial charge >= 0.3 is 0 Å². The van der Waals surface area contributed by atoms with Crippen molar-refractivity contribution in [1.29, 1.82) is 0 Å². The van der Waals surface area contributed by atoms with Crippen LogP contribution in [0, 0.1) is 0 Å². The molecule has 164 valence electrons. The van der Waals surface area contributed by atoms with E-state index in [1.807, 2.05) is 24.3 Å². The van der Waals surface area contributed by atoms with Gasteiger partial charge in [-0.15, -0.1) is 11.3 Å². The van der Waals surface area contributed by atoms with Gasteiger partial charge in [-0.1, -0.05) is 23.7 Å². The zero-order valence-corrected chi connectivity index (χ0v) is 19.2. The minimum atomic E-state index is -3.63. The van der Waals surface area contributed by atoms with Crippen molar-refractivity contribution in [3.05, 3.63) is 71.4 Å². The van der Waals surface area contributed by atoms with E-state index in [4.69, 9.17) is 16.0 Å². The summed E-state index contributed by atoms with van der Waals surface area (Å²) in [7, 11) is -3.63. The van der Waals surface area contributed by atoms with Crippen molar-refractivity contribution in [3.8, 4) is 10.8 Å². The van der Waals surface area contributed by atoms with Crippen LogP contribution in [-0.4, -0.2) is 54.7 Å². The number of carbonyl (C=O) groups excluding carboxylic acids is 1. The van der Waals surface area contributed by atoms with E-state index < -0.39 is 10.0 Å². The van der Waals surface area contributed by atoms with Crippen LogP contribution in [-0.2, 0) is 10.0 Å². The molecular formula is C22H18ClN3O4S2. The van der Waals surface area contributed by atoms with Crippen molar-refractivity contribution in [3.63, 3.8) is 0 Å². The Hall–Kier alpha value is -2.72. The molecule has 0 spiro atoms. The molecule has 7 nitrogen and oxygen atoms in total. The van der Waals surface area contributed by atoms with Crippen LogP contribution in [0.1, 0.15) is 10.6 Å². The van der Waals surface area contributed by atoms with E-state index in [1.165, 1.54) is 27.8 Å². The van der Waals surface area contributed by atoms with Crippen LogP contribution >= 0.6 is 22.9 Å². The second-order valence-electron chi connectivity index (χ2n) is 7.30. The third-order valence-electron chi connectivity index (χ3n) is 5.30. The van der Waals surface area contributed by atoms with Gasteiger partial charge in [0.25, 0.3) is 5.91 Å². The molecule has 5 rings (SSSR count). The number of fused-ring (bicyclic) bond motifs is 1. The summed E-state index contributed by atoms with van der Waals surface area (Å²) in [5.74, 6) is 0.493. The number of piperazine rings is 1. The number of rotatable bonds is 4. The van der Waals surface area contributed by atoms with Gasteiger partial charge in [-0.2, -0.15) is 4.31 Å². The minimum Gasteiger partial charge on any atom is -0.448 e. The number of furan rings is 1. The van der Waals surface area contributed by atoms with E-state index in [0.29, 0.717) is 15.8 Å². The summed E-state index contributed by atoms with van der Waals surface area (Å²) in [5, 5.41) is 1.19. The number of thiazole rings is 1. The number of hydrogen-bond acceptors (Lipinski definition) is 6. The minimum absolute atomic E-state index is 0.188. The van der Waals surface area contributed by atoms with Gasteiger partial charge in [0.2, 0.25) is 10.0 Å².